The minimum Gasteiger partial charge on any atom is -0.508 e. The number of para-hydroxylation sites is 1. The van der Waals surface area contributed by atoms with Gasteiger partial charge in [0.2, 0.25) is 0 Å². The van der Waals surface area contributed by atoms with Gasteiger partial charge in [-0.25, -0.2) is 0 Å². The van der Waals surface area contributed by atoms with E-state index >= 15 is 0 Å². The van der Waals surface area contributed by atoms with Crippen molar-refractivity contribution in [2.24, 2.45) is 0 Å². The number of hydrogen-bond donors (Lipinski definition) is 2. The summed E-state index contributed by atoms with van der Waals surface area (Å²) in [7, 11) is 0. The van der Waals surface area contributed by atoms with E-state index in [2.05, 4.69) is 11.4 Å². The molecule has 2 aromatic carbocycles. The van der Waals surface area contributed by atoms with Crippen molar-refractivity contribution < 1.29 is 9.90 Å². The highest BCUT2D eigenvalue weighted by molar-refractivity contribution is 5.90. The largest absolute Gasteiger partial charge is 0.508 e. The predicted octanol–water partition coefficient (Wildman–Crippen LogP) is 2.54. The molecule has 0 spiro atoms. The minimum atomic E-state index is -0.133. The molecule has 0 amide bonds. The molecule has 2 N–H and O–H groups in total. The molecule has 0 saturated carbocycles. The Morgan fingerprint density at radius 2 is 1.89 bits per heavy atom. The normalized spacial score (nSPS) is 16.7. The highest BCUT2D eigenvalue weighted by Gasteiger charge is 2.25. The second-order valence-corrected chi connectivity index (χ2v) is 4.87. The molecule has 3 heteroatoms. The third-order valence-corrected chi connectivity index (χ3v) is 3.47. The fourth-order valence-corrected chi connectivity index (χ4v) is 2.43. The van der Waals surface area contributed by atoms with Gasteiger partial charge in [-0.15, -0.1) is 0 Å². The standard InChI is InChI=1S/C16H15NO2/c18-13-7-5-11(6-8-13)9-16(19)15-10-12-3-1-2-4-14(12)17-15/h1-8,15,17-18H,9-10H2. The topological polar surface area (TPSA) is 49.3 Å². The minimum absolute atomic E-state index is 0.133. The van der Waals surface area contributed by atoms with Crippen LogP contribution in [0.25, 0.3) is 0 Å². The van der Waals surface area contributed by atoms with Gasteiger partial charge in [0.15, 0.2) is 5.78 Å². The predicted molar refractivity (Wildman–Crippen MR) is 74.4 cm³/mol. The van der Waals surface area contributed by atoms with E-state index in [4.69, 9.17) is 0 Å². The summed E-state index contributed by atoms with van der Waals surface area (Å²) in [5.74, 6) is 0.407. The number of carbonyl (C=O) groups is 1. The second-order valence-electron chi connectivity index (χ2n) is 4.87. The number of nitrogens with one attached hydrogen (secondary N) is 1. The number of ketones is 1. The number of Topliss-reactive ketones (excluding diaryl/α,β-unsaturated/α-hetero) is 1. The van der Waals surface area contributed by atoms with Crippen LogP contribution in [-0.2, 0) is 17.6 Å². The Balaban J connectivity index is 1.68. The SMILES string of the molecule is O=C(Cc1ccc(O)cc1)C1Cc2ccccc2N1. The Labute approximate surface area is 111 Å². The number of aromatic hydroxyl groups is 1. The monoisotopic (exact) mass is 253 g/mol. The Kier molecular flexibility index (Phi) is 2.95. The molecular formula is C16H15NO2. The fraction of sp³-hybridized carbons (Fsp3) is 0.188. The van der Waals surface area contributed by atoms with E-state index in [1.165, 1.54) is 5.56 Å². The Hall–Kier alpha value is -2.29. The smallest absolute Gasteiger partial charge is 0.159 e. The Morgan fingerprint density at radius 3 is 2.63 bits per heavy atom. The van der Waals surface area contributed by atoms with Crippen LogP contribution in [0.4, 0.5) is 5.69 Å². The molecular weight excluding hydrogens is 238 g/mol. The van der Waals surface area contributed by atoms with Crippen molar-refractivity contribution in [2.45, 2.75) is 18.9 Å². The molecule has 2 aromatic rings. The second kappa shape index (κ2) is 4.76. The third-order valence-electron chi connectivity index (χ3n) is 3.47. The zero-order valence-corrected chi connectivity index (χ0v) is 10.5. The number of rotatable bonds is 3. The fourth-order valence-electron chi connectivity index (χ4n) is 2.43. The van der Waals surface area contributed by atoms with Crippen molar-refractivity contribution in [1.29, 1.82) is 0 Å². The van der Waals surface area contributed by atoms with Crippen LogP contribution in [0.15, 0.2) is 48.5 Å². The summed E-state index contributed by atoms with van der Waals surface area (Å²) in [5, 5.41) is 12.5. The van der Waals surface area contributed by atoms with Gasteiger partial charge in [0, 0.05) is 18.5 Å². The number of benzene rings is 2. The first-order chi connectivity index (χ1) is 9.22. The Morgan fingerprint density at radius 1 is 1.16 bits per heavy atom. The summed E-state index contributed by atoms with van der Waals surface area (Å²) in [6, 6.07) is 14.7. The van der Waals surface area contributed by atoms with Crippen molar-refractivity contribution in [2.75, 3.05) is 5.32 Å². The van der Waals surface area contributed by atoms with Crippen molar-refractivity contribution in [3.8, 4) is 5.75 Å². The average molecular weight is 253 g/mol. The van der Waals surface area contributed by atoms with E-state index in [1.807, 2.05) is 18.2 Å². The molecule has 19 heavy (non-hydrogen) atoms. The van der Waals surface area contributed by atoms with Crippen LogP contribution in [0.1, 0.15) is 11.1 Å². The van der Waals surface area contributed by atoms with Gasteiger partial charge in [0.05, 0.1) is 6.04 Å². The number of phenols is 1. The third kappa shape index (κ3) is 2.45. The lowest BCUT2D eigenvalue weighted by Gasteiger charge is -2.10. The number of fused-ring (bicyclic) bond motifs is 1. The molecule has 0 aliphatic carbocycles. The van der Waals surface area contributed by atoms with Crippen LogP contribution in [0.5, 0.6) is 5.75 Å². The number of phenolic OH excluding ortho intramolecular Hbond substituents is 1. The quantitative estimate of drug-likeness (QED) is 0.883. The van der Waals surface area contributed by atoms with Gasteiger partial charge in [-0.1, -0.05) is 30.3 Å². The first-order valence-electron chi connectivity index (χ1n) is 6.37. The first-order valence-corrected chi connectivity index (χ1v) is 6.37. The van der Waals surface area contributed by atoms with Crippen LogP contribution in [-0.4, -0.2) is 16.9 Å². The molecule has 1 atom stereocenters. The molecule has 1 unspecified atom stereocenters. The highest BCUT2D eigenvalue weighted by Crippen LogP contribution is 2.26. The van der Waals surface area contributed by atoms with E-state index in [9.17, 15) is 9.90 Å². The van der Waals surface area contributed by atoms with Gasteiger partial charge in [0.25, 0.3) is 0 Å². The maximum atomic E-state index is 12.2. The van der Waals surface area contributed by atoms with Crippen LogP contribution in [0.2, 0.25) is 0 Å². The van der Waals surface area contributed by atoms with Crippen molar-refractivity contribution in [1.82, 2.24) is 0 Å². The summed E-state index contributed by atoms with van der Waals surface area (Å²) in [5.41, 5.74) is 3.19. The maximum absolute atomic E-state index is 12.2. The molecule has 1 aliphatic heterocycles. The summed E-state index contributed by atoms with van der Waals surface area (Å²) < 4.78 is 0. The molecule has 0 saturated heterocycles. The zero-order valence-electron chi connectivity index (χ0n) is 10.5. The molecule has 0 bridgehead atoms. The molecule has 3 nitrogen and oxygen atoms in total. The van der Waals surface area contributed by atoms with Crippen molar-refractivity contribution in [3.63, 3.8) is 0 Å². The van der Waals surface area contributed by atoms with E-state index in [1.54, 1.807) is 24.3 Å². The molecule has 0 aromatic heterocycles. The number of carbonyl (C=O) groups excluding carboxylic acids is 1. The number of hydrogen-bond acceptors (Lipinski definition) is 3. The molecule has 96 valence electrons. The maximum Gasteiger partial charge on any atom is 0.159 e. The van der Waals surface area contributed by atoms with Crippen molar-refractivity contribution >= 4 is 11.5 Å². The summed E-state index contributed by atoms with van der Waals surface area (Å²) >= 11 is 0. The first kappa shape index (κ1) is 11.8. The van der Waals surface area contributed by atoms with Gasteiger partial charge in [-0.3, -0.25) is 4.79 Å². The summed E-state index contributed by atoms with van der Waals surface area (Å²) in [6.07, 6.45) is 1.15. The lowest BCUT2D eigenvalue weighted by atomic mass is 10.0. The van der Waals surface area contributed by atoms with E-state index in [-0.39, 0.29) is 17.6 Å². The lowest BCUT2D eigenvalue weighted by molar-refractivity contribution is -0.119. The van der Waals surface area contributed by atoms with E-state index in [0.29, 0.717) is 6.42 Å². The van der Waals surface area contributed by atoms with Gasteiger partial charge >= 0.3 is 0 Å². The number of anilines is 1. The Bertz CT molecular complexity index is 579. The van der Waals surface area contributed by atoms with Crippen LogP contribution in [0.3, 0.4) is 0 Å². The van der Waals surface area contributed by atoms with Gasteiger partial charge in [-0.2, -0.15) is 0 Å². The van der Waals surface area contributed by atoms with Gasteiger partial charge < -0.3 is 10.4 Å². The van der Waals surface area contributed by atoms with E-state index in [0.717, 1.165) is 17.7 Å². The molecule has 1 aliphatic rings. The van der Waals surface area contributed by atoms with Gasteiger partial charge in [0.1, 0.15) is 5.75 Å². The van der Waals surface area contributed by atoms with Crippen LogP contribution in [0, 0.1) is 0 Å². The van der Waals surface area contributed by atoms with E-state index < -0.39 is 0 Å². The van der Waals surface area contributed by atoms with Crippen LogP contribution < -0.4 is 5.32 Å². The van der Waals surface area contributed by atoms with Crippen LogP contribution >= 0.6 is 0 Å². The van der Waals surface area contributed by atoms with Gasteiger partial charge in [-0.05, 0) is 29.3 Å². The molecule has 3 rings (SSSR count). The molecule has 0 radical (unpaired) electrons. The molecule has 1 heterocycles. The summed E-state index contributed by atoms with van der Waals surface area (Å²) in [4.78, 5) is 12.2. The lowest BCUT2D eigenvalue weighted by Crippen LogP contribution is -2.28. The molecule has 0 fully saturated rings. The average Bonchev–Trinajstić information content (AvgIpc) is 2.85. The highest BCUT2D eigenvalue weighted by atomic mass is 16.3. The zero-order chi connectivity index (χ0) is 13.2. The summed E-state index contributed by atoms with van der Waals surface area (Å²) in [6.45, 7) is 0. The van der Waals surface area contributed by atoms with Crippen molar-refractivity contribution in [3.05, 3.63) is 59.7 Å².